The second-order valence-electron chi connectivity index (χ2n) is 6.57. The molecule has 0 saturated heterocycles. The van der Waals surface area contributed by atoms with Crippen LogP contribution in [0.25, 0.3) is 0 Å². The second-order valence-corrected chi connectivity index (χ2v) is 6.57. The largest absolute Gasteiger partial charge is 0.489 e. The number of carbonyl (C=O) groups excluding carboxylic acids is 1. The summed E-state index contributed by atoms with van der Waals surface area (Å²) in [7, 11) is 0. The van der Waals surface area contributed by atoms with Crippen molar-refractivity contribution in [2.75, 3.05) is 18.4 Å². The van der Waals surface area contributed by atoms with Crippen molar-refractivity contribution in [1.29, 1.82) is 0 Å². The molecule has 24 heavy (non-hydrogen) atoms. The summed E-state index contributed by atoms with van der Waals surface area (Å²) in [4.78, 5) is 12.1. The smallest absolute Gasteiger partial charge is 0.225 e. The van der Waals surface area contributed by atoms with E-state index in [2.05, 4.69) is 16.7 Å². The van der Waals surface area contributed by atoms with Crippen LogP contribution in [0.4, 0.5) is 5.69 Å². The summed E-state index contributed by atoms with van der Waals surface area (Å²) in [6.45, 7) is 5.60. The van der Waals surface area contributed by atoms with Crippen molar-refractivity contribution in [2.45, 2.75) is 58.5 Å². The standard InChI is InChI=1S/C20H30N2O2/c1-16(2)24-19-11-7-6-10-18(19)22-20(23)13-15-21-14-12-17-8-4-3-5-9-17/h6-8,10-11,16,21H,3-5,9,12-15H2,1-2H3,(H,22,23). The second kappa shape index (κ2) is 10.1. The summed E-state index contributed by atoms with van der Waals surface area (Å²) in [5.41, 5.74) is 2.31. The number of ether oxygens (including phenoxy) is 1. The van der Waals surface area contributed by atoms with E-state index in [4.69, 9.17) is 4.74 Å². The van der Waals surface area contributed by atoms with Gasteiger partial charge in [-0.15, -0.1) is 0 Å². The van der Waals surface area contributed by atoms with Gasteiger partial charge in [-0.05, 0) is 64.6 Å². The van der Waals surface area contributed by atoms with Gasteiger partial charge in [0.05, 0.1) is 11.8 Å². The number of para-hydroxylation sites is 2. The van der Waals surface area contributed by atoms with E-state index in [0.29, 0.717) is 13.0 Å². The Bertz CT molecular complexity index is 552. The minimum Gasteiger partial charge on any atom is -0.489 e. The van der Waals surface area contributed by atoms with Crippen LogP contribution >= 0.6 is 0 Å². The Hall–Kier alpha value is -1.81. The number of rotatable bonds is 9. The van der Waals surface area contributed by atoms with Crippen LogP contribution < -0.4 is 15.4 Å². The summed E-state index contributed by atoms with van der Waals surface area (Å²) >= 11 is 0. The van der Waals surface area contributed by atoms with E-state index in [1.165, 1.54) is 25.7 Å². The molecule has 0 saturated carbocycles. The van der Waals surface area contributed by atoms with E-state index < -0.39 is 0 Å². The molecular weight excluding hydrogens is 300 g/mol. The number of anilines is 1. The van der Waals surface area contributed by atoms with Crippen molar-refractivity contribution in [3.63, 3.8) is 0 Å². The van der Waals surface area contributed by atoms with Gasteiger partial charge in [0.15, 0.2) is 0 Å². The van der Waals surface area contributed by atoms with Crippen molar-refractivity contribution in [2.24, 2.45) is 0 Å². The molecule has 1 aromatic carbocycles. The number of hydrogen-bond acceptors (Lipinski definition) is 3. The first-order valence-electron chi connectivity index (χ1n) is 9.09. The highest BCUT2D eigenvalue weighted by Crippen LogP contribution is 2.25. The van der Waals surface area contributed by atoms with Gasteiger partial charge in [-0.2, -0.15) is 0 Å². The molecule has 0 heterocycles. The predicted molar refractivity (Wildman–Crippen MR) is 99.5 cm³/mol. The van der Waals surface area contributed by atoms with Gasteiger partial charge in [0, 0.05) is 13.0 Å². The Morgan fingerprint density at radius 1 is 1.21 bits per heavy atom. The molecule has 1 aromatic rings. The highest BCUT2D eigenvalue weighted by Gasteiger charge is 2.09. The molecule has 0 unspecified atom stereocenters. The summed E-state index contributed by atoms with van der Waals surface area (Å²) in [5, 5.41) is 6.30. The van der Waals surface area contributed by atoms with Crippen LogP contribution in [0.5, 0.6) is 5.75 Å². The van der Waals surface area contributed by atoms with Crippen molar-refractivity contribution >= 4 is 11.6 Å². The van der Waals surface area contributed by atoms with Gasteiger partial charge in [-0.25, -0.2) is 0 Å². The summed E-state index contributed by atoms with van der Waals surface area (Å²) < 4.78 is 5.72. The minimum atomic E-state index is 0.0131. The van der Waals surface area contributed by atoms with E-state index in [9.17, 15) is 4.79 Å². The normalized spacial score (nSPS) is 14.4. The number of nitrogens with one attached hydrogen (secondary N) is 2. The molecule has 4 heteroatoms. The molecule has 4 nitrogen and oxygen atoms in total. The Morgan fingerprint density at radius 2 is 2.04 bits per heavy atom. The molecule has 132 valence electrons. The topological polar surface area (TPSA) is 50.4 Å². The number of carbonyl (C=O) groups is 1. The molecule has 0 atom stereocenters. The van der Waals surface area contributed by atoms with E-state index in [1.807, 2.05) is 38.1 Å². The van der Waals surface area contributed by atoms with E-state index in [0.717, 1.165) is 24.4 Å². The summed E-state index contributed by atoms with van der Waals surface area (Å²) in [5.74, 6) is 0.734. The molecule has 0 spiro atoms. The van der Waals surface area contributed by atoms with E-state index >= 15 is 0 Å². The van der Waals surface area contributed by atoms with Gasteiger partial charge in [0.1, 0.15) is 5.75 Å². The fraction of sp³-hybridized carbons (Fsp3) is 0.550. The number of benzene rings is 1. The van der Waals surface area contributed by atoms with Gasteiger partial charge >= 0.3 is 0 Å². The lowest BCUT2D eigenvalue weighted by Crippen LogP contribution is -2.23. The van der Waals surface area contributed by atoms with Crippen LogP contribution in [0.1, 0.15) is 52.4 Å². The number of hydrogen-bond donors (Lipinski definition) is 2. The quantitative estimate of drug-likeness (QED) is 0.525. The molecule has 0 fully saturated rings. The molecule has 1 amide bonds. The van der Waals surface area contributed by atoms with Crippen LogP contribution in [0, 0.1) is 0 Å². The maximum atomic E-state index is 12.1. The van der Waals surface area contributed by atoms with Crippen molar-refractivity contribution < 1.29 is 9.53 Å². The van der Waals surface area contributed by atoms with Gasteiger partial charge in [0.2, 0.25) is 5.91 Å². The van der Waals surface area contributed by atoms with E-state index in [-0.39, 0.29) is 12.0 Å². The lowest BCUT2D eigenvalue weighted by molar-refractivity contribution is -0.116. The first-order valence-corrected chi connectivity index (χ1v) is 9.09. The SMILES string of the molecule is CC(C)Oc1ccccc1NC(=O)CCNCCC1=CCCCC1. The van der Waals surface area contributed by atoms with Gasteiger partial charge in [0.25, 0.3) is 0 Å². The third-order valence-electron chi connectivity index (χ3n) is 4.06. The number of allylic oxidation sites excluding steroid dienone is 1. The monoisotopic (exact) mass is 330 g/mol. The fourth-order valence-corrected chi connectivity index (χ4v) is 2.85. The molecule has 0 radical (unpaired) electrons. The van der Waals surface area contributed by atoms with Gasteiger partial charge in [-0.3, -0.25) is 4.79 Å². The first kappa shape index (κ1) is 18.5. The van der Waals surface area contributed by atoms with Crippen LogP contribution in [0.3, 0.4) is 0 Å². The number of amides is 1. The summed E-state index contributed by atoms with van der Waals surface area (Å²) in [6, 6.07) is 7.57. The van der Waals surface area contributed by atoms with Crippen molar-refractivity contribution in [1.82, 2.24) is 5.32 Å². The lowest BCUT2D eigenvalue weighted by atomic mass is 9.97. The van der Waals surface area contributed by atoms with Gasteiger partial charge < -0.3 is 15.4 Å². The molecule has 0 aromatic heterocycles. The molecule has 1 aliphatic rings. The third kappa shape index (κ3) is 6.75. The van der Waals surface area contributed by atoms with E-state index in [1.54, 1.807) is 5.57 Å². The Balaban J connectivity index is 1.67. The Morgan fingerprint density at radius 3 is 2.79 bits per heavy atom. The van der Waals surface area contributed by atoms with Crippen LogP contribution in [0.15, 0.2) is 35.9 Å². The van der Waals surface area contributed by atoms with Crippen molar-refractivity contribution in [3.05, 3.63) is 35.9 Å². The van der Waals surface area contributed by atoms with Crippen LogP contribution in [-0.2, 0) is 4.79 Å². The Labute approximate surface area is 145 Å². The van der Waals surface area contributed by atoms with Crippen LogP contribution in [0.2, 0.25) is 0 Å². The Kier molecular flexibility index (Phi) is 7.83. The van der Waals surface area contributed by atoms with Crippen LogP contribution in [-0.4, -0.2) is 25.1 Å². The molecule has 2 N–H and O–H groups in total. The third-order valence-corrected chi connectivity index (χ3v) is 4.06. The zero-order valence-corrected chi connectivity index (χ0v) is 14.9. The average molecular weight is 330 g/mol. The highest BCUT2D eigenvalue weighted by molar-refractivity contribution is 5.92. The molecule has 1 aliphatic carbocycles. The first-order chi connectivity index (χ1) is 11.6. The molecular formula is C20H30N2O2. The maximum absolute atomic E-state index is 12.1. The molecule has 2 rings (SSSR count). The fourth-order valence-electron chi connectivity index (χ4n) is 2.85. The minimum absolute atomic E-state index is 0.0131. The zero-order chi connectivity index (χ0) is 17.2. The zero-order valence-electron chi connectivity index (χ0n) is 14.9. The molecule has 0 bridgehead atoms. The molecule has 0 aliphatic heterocycles. The summed E-state index contributed by atoms with van der Waals surface area (Å²) in [6.07, 6.45) is 9.17. The average Bonchev–Trinajstić information content (AvgIpc) is 2.57. The maximum Gasteiger partial charge on any atom is 0.225 e. The predicted octanol–water partition coefficient (Wildman–Crippen LogP) is 4.28. The van der Waals surface area contributed by atoms with Crippen molar-refractivity contribution in [3.8, 4) is 5.75 Å². The lowest BCUT2D eigenvalue weighted by Gasteiger charge is -2.15. The van der Waals surface area contributed by atoms with Gasteiger partial charge in [-0.1, -0.05) is 23.8 Å². The highest BCUT2D eigenvalue weighted by atomic mass is 16.5.